The molecule has 1 aliphatic rings. The molecule has 0 aliphatic carbocycles. The SMILES string of the molecule is O=C(c1cc(COc2ccc(F)cc2F)on1)N1CCN(Cc2ccccn2)CC1. The summed E-state index contributed by atoms with van der Waals surface area (Å²) >= 11 is 0. The van der Waals surface area contributed by atoms with E-state index < -0.39 is 11.6 Å². The van der Waals surface area contributed by atoms with Gasteiger partial charge >= 0.3 is 0 Å². The highest BCUT2D eigenvalue weighted by Crippen LogP contribution is 2.19. The van der Waals surface area contributed by atoms with E-state index in [4.69, 9.17) is 9.26 Å². The third-order valence-electron chi connectivity index (χ3n) is 4.81. The van der Waals surface area contributed by atoms with Gasteiger partial charge in [-0.15, -0.1) is 0 Å². The van der Waals surface area contributed by atoms with E-state index in [0.29, 0.717) is 13.1 Å². The number of aromatic nitrogens is 2. The number of pyridine rings is 1. The van der Waals surface area contributed by atoms with Gasteiger partial charge in [-0.2, -0.15) is 0 Å². The van der Waals surface area contributed by atoms with Crippen LogP contribution in [0.15, 0.2) is 53.2 Å². The number of rotatable bonds is 6. The van der Waals surface area contributed by atoms with Gasteiger partial charge in [0.25, 0.3) is 5.91 Å². The molecule has 30 heavy (non-hydrogen) atoms. The van der Waals surface area contributed by atoms with Crippen molar-refractivity contribution in [2.45, 2.75) is 13.2 Å². The van der Waals surface area contributed by atoms with Gasteiger partial charge in [-0.25, -0.2) is 8.78 Å². The molecule has 9 heteroatoms. The first-order chi connectivity index (χ1) is 14.6. The third-order valence-corrected chi connectivity index (χ3v) is 4.81. The van der Waals surface area contributed by atoms with Gasteiger partial charge in [0.05, 0.1) is 5.69 Å². The molecule has 3 aromatic rings. The van der Waals surface area contributed by atoms with Crippen LogP contribution in [0.1, 0.15) is 21.9 Å². The average Bonchev–Trinajstić information content (AvgIpc) is 3.23. The Kier molecular flexibility index (Phi) is 5.99. The summed E-state index contributed by atoms with van der Waals surface area (Å²) in [6.07, 6.45) is 1.77. The highest BCUT2D eigenvalue weighted by atomic mass is 19.1. The van der Waals surface area contributed by atoms with Crippen molar-refractivity contribution in [3.63, 3.8) is 0 Å². The minimum Gasteiger partial charge on any atom is -0.482 e. The molecule has 0 spiro atoms. The molecule has 0 N–H and O–H groups in total. The summed E-state index contributed by atoms with van der Waals surface area (Å²) in [5.74, 6) is -1.56. The minimum atomic E-state index is -0.811. The molecule has 0 unspecified atom stereocenters. The number of amides is 1. The first-order valence-electron chi connectivity index (χ1n) is 9.53. The minimum absolute atomic E-state index is 0.107. The quantitative estimate of drug-likeness (QED) is 0.618. The molecule has 2 aromatic heterocycles. The van der Waals surface area contributed by atoms with Crippen molar-refractivity contribution < 1.29 is 22.8 Å². The molecule has 4 rings (SSSR count). The van der Waals surface area contributed by atoms with E-state index >= 15 is 0 Å². The summed E-state index contributed by atoms with van der Waals surface area (Å²) in [5.41, 5.74) is 1.17. The first kappa shape index (κ1) is 20.0. The lowest BCUT2D eigenvalue weighted by atomic mass is 10.2. The molecule has 0 bridgehead atoms. The first-order valence-corrected chi connectivity index (χ1v) is 9.53. The highest BCUT2D eigenvalue weighted by molar-refractivity contribution is 5.92. The van der Waals surface area contributed by atoms with Crippen LogP contribution in [0.25, 0.3) is 0 Å². The molecule has 1 aromatic carbocycles. The molecule has 1 saturated heterocycles. The molecule has 1 fully saturated rings. The molecular weight excluding hydrogens is 394 g/mol. The summed E-state index contributed by atoms with van der Waals surface area (Å²) < 4.78 is 37.0. The number of ether oxygens (including phenoxy) is 1. The molecule has 0 saturated carbocycles. The van der Waals surface area contributed by atoms with Gasteiger partial charge in [0.1, 0.15) is 12.4 Å². The zero-order valence-electron chi connectivity index (χ0n) is 16.1. The van der Waals surface area contributed by atoms with Crippen LogP contribution < -0.4 is 4.74 Å². The number of piperazine rings is 1. The zero-order chi connectivity index (χ0) is 20.9. The Morgan fingerprint density at radius 2 is 1.93 bits per heavy atom. The smallest absolute Gasteiger partial charge is 0.276 e. The number of benzene rings is 1. The third kappa shape index (κ3) is 4.80. The van der Waals surface area contributed by atoms with Crippen molar-refractivity contribution >= 4 is 5.91 Å². The predicted molar refractivity (Wildman–Crippen MR) is 103 cm³/mol. The summed E-state index contributed by atoms with van der Waals surface area (Å²) in [4.78, 5) is 21.0. The normalized spacial score (nSPS) is 14.7. The average molecular weight is 414 g/mol. The van der Waals surface area contributed by atoms with E-state index in [0.717, 1.165) is 37.5 Å². The van der Waals surface area contributed by atoms with E-state index in [2.05, 4.69) is 15.0 Å². The van der Waals surface area contributed by atoms with E-state index in [1.54, 1.807) is 11.1 Å². The van der Waals surface area contributed by atoms with Crippen molar-refractivity contribution in [1.82, 2.24) is 19.9 Å². The fourth-order valence-corrected chi connectivity index (χ4v) is 3.21. The lowest BCUT2D eigenvalue weighted by molar-refractivity contribution is 0.0617. The largest absolute Gasteiger partial charge is 0.482 e. The molecule has 3 heterocycles. The molecular formula is C21H20F2N4O3. The van der Waals surface area contributed by atoms with Crippen LogP contribution in [0.5, 0.6) is 5.75 Å². The lowest BCUT2D eigenvalue weighted by Crippen LogP contribution is -2.48. The fraction of sp³-hybridized carbons (Fsp3) is 0.286. The maximum atomic E-state index is 13.6. The van der Waals surface area contributed by atoms with E-state index in [9.17, 15) is 13.6 Å². The van der Waals surface area contributed by atoms with Gasteiger partial charge in [0, 0.05) is 51.1 Å². The summed E-state index contributed by atoms with van der Waals surface area (Å²) in [7, 11) is 0. The second-order valence-electron chi connectivity index (χ2n) is 6.93. The molecule has 1 amide bonds. The number of carbonyl (C=O) groups is 1. The lowest BCUT2D eigenvalue weighted by Gasteiger charge is -2.34. The summed E-state index contributed by atoms with van der Waals surface area (Å²) in [5, 5.41) is 3.80. The van der Waals surface area contributed by atoms with Crippen LogP contribution in [0.2, 0.25) is 0 Å². The van der Waals surface area contributed by atoms with Gasteiger partial charge in [0.2, 0.25) is 0 Å². The Hall–Kier alpha value is -3.33. The van der Waals surface area contributed by atoms with Crippen molar-refractivity contribution in [2.24, 2.45) is 0 Å². The standard InChI is InChI=1S/C21H20F2N4O3/c22-15-4-5-20(18(23)11-15)29-14-17-12-19(25-30-17)21(28)27-9-7-26(8-10-27)13-16-3-1-2-6-24-16/h1-6,11-12H,7-10,13-14H2. The number of hydrogen-bond acceptors (Lipinski definition) is 6. The van der Waals surface area contributed by atoms with Crippen LogP contribution in [0.3, 0.4) is 0 Å². The van der Waals surface area contributed by atoms with Gasteiger partial charge in [-0.3, -0.25) is 14.7 Å². The summed E-state index contributed by atoms with van der Waals surface area (Å²) in [6.45, 7) is 3.24. The summed E-state index contributed by atoms with van der Waals surface area (Å²) in [6, 6.07) is 10.3. The maximum Gasteiger partial charge on any atom is 0.276 e. The van der Waals surface area contributed by atoms with Crippen LogP contribution in [0.4, 0.5) is 8.78 Å². The van der Waals surface area contributed by atoms with Gasteiger partial charge < -0.3 is 14.2 Å². The number of carbonyl (C=O) groups excluding carboxylic acids is 1. The van der Waals surface area contributed by atoms with Gasteiger partial charge in [-0.05, 0) is 24.3 Å². The topological polar surface area (TPSA) is 71.7 Å². The Morgan fingerprint density at radius 1 is 1.10 bits per heavy atom. The number of nitrogens with zero attached hydrogens (tertiary/aromatic N) is 4. The Bertz CT molecular complexity index is 1000. The molecule has 7 nitrogen and oxygen atoms in total. The fourth-order valence-electron chi connectivity index (χ4n) is 3.21. The zero-order valence-corrected chi connectivity index (χ0v) is 16.1. The predicted octanol–water partition coefficient (Wildman–Crippen LogP) is 2.88. The maximum absolute atomic E-state index is 13.6. The molecule has 0 atom stereocenters. The van der Waals surface area contributed by atoms with Crippen LogP contribution in [0, 0.1) is 11.6 Å². The van der Waals surface area contributed by atoms with Crippen LogP contribution >= 0.6 is 0 Å². The van der Waals surface area contributed by atoms with E-state index in [1.165, 1.54) is 12.1 Å². The van der Waals surface area contributed by atoms with Crippen LogP contribution in [-0.2, 0) is 13.2 Å². The Labute approximate surface area is 171 Å². The highest BCUT2D eigenvalue weighted by Gasteiger charge is 2.25. The van der Waals surface area contributed by atoms with E-state index in [1.807, 2.05) is 18.2 Å². The number of hydrogen-bond donors (Lipinski definition) is 0. The second-order valence-corrected chi connectivity index (χ2v) is 6.93. The Morgan fingerprint density at radius 3 is 2.67 bits per heavy atom. The van der Waals surface area contributed by atoms with Crippen molar-refractivity contribution in [2.75, 3.05) is 26.2 Å². The Balaban J connectivity index is 1.29. The molecule has 0 radical (unpaired) electrons. The van der Waals surface area contributed by atoms with Crippen molar-refractivity contribution in [1.29, 1.82) is 0 Å². The van der Waals surface area contributed by atoms with Crippen LogP contribution in [-0.4, -0.2) is 52.0 Å². The monoisotopic (exact) mass is 414 g/mol. The number of halogens is 2. The van der Waals surface area contributed by atoms with Gasteiger partial charge in [-0.1, -0.05) is 11.2 Å². The second kappa shape index (κ2) is 9.00. The molecule has 156 valence electrons. The van der Waals surface area contributed by atoms with Crippen molar-refractivity contribution in [3.8, 4) is 5.75 Å². The van der Waals surface area contributed by atoms with E-state index in [-0.39, 0.29) is 29.7 Å². The van der Waals surface area contributed by atoms with Crippen molar-refractivity contribution in [3.05, 3.63) is 77.4 Å². The van der Waals surface area contributed by atoms with Gasteiger partial charge in [0.15, 0.2) is 23.0 Å². The molecule has 1 aliphatic heterocycles.